The van der Waals surface area contributed by atoms with Gasteiger partial charge in [-0.2, -0.15) is 0 Å². The summed E-state index contributed by atoms with van der Waals surface area (Å²) < 4.78 is 5.63. The SMILES string of the molecule is CCCNc1ncnc(N2CCOCC2(C)C)c1C(C)C. The summed E-state index contributed by atoms with van der Waals surface area (Å²) in [5, 5.41) is 3.44. The van der Waals surface area contributed by atoms with Crippen LogP contribution in [0.4, 0.5) is 11.6 Å². The highest BCUT2D eigenvalue weighted by molar-refractivity contribution is 5.61. The van der Waals surface area contributed by atoms with Gasteiger partial charge in [0.25, 0.3) is 0 Å². The van der Waals surface area contributed by atoms with Crippen molar-refractivity contribution in [2.24, 2.45) is 0 Å². The van der Waals surface area contributed by atoms with Gasteiger partial charge in [-0.3, -0.25) is 0 Å². The van der Waals surface area contributed by atoms with E-state index in [4.69, 9.17) is 4.74 Å². The van der Waals surface area contributed by atoms with Crippen LogP contribution in [0.1, 0.15) is 52.5 Å². The zero-order valence-corrected chi connectivity index (χ0v) is 13.9. The number of nitrogens with one attached hydrogen (secondary N) is 1. The zero-order chi connectivity index (χ0) is 15.5. The van der Waals surface area contributed by atoms with E-state index in [0.29, 0.717) is 5.92 Å². The van der Waals surface area contributed by atoms with Crippen molar-refractivity contribution in [2.45, 2.75) is 52.5 Å². The van der Waals surface area contributed by atoms with Crippen molar-refractivity contribution >= 4 is 11.6 Å². The maximum absolute atomic E-state index is 5.63. The number of hydrogen-bond acceptors (Lipinski definition) is 5. The summed E-state index contributed by atoms with van der Waals surface area (Å²) in [6.07, 6.45) is 2.75. The molecule has 1 N–H and O–H groups in total. The molecule has 118 valence electrons. The average molecular weight is 292 g/mol. The van der Waals surface area contributed by atoms with Crippen LogP contribution in [-0.4, -0.2) is 41.8 Å². The van der Waals surface area contributed by atoms with Crippen LogP contribution in [0.2, 0.25) is 0 Å². The molecule has 0 saturated carbocycles. The third kappa shape index (κ3) is 3.46. The largest absolute Gasteiger partial charge is 0.377 e. The van der Waals surface area contributed by atoms with Gasteiger partial charge in [-0.1, -0.05) is 20.8 Å². The van der Waals surface area contributed by atoms with Crippen molar-refractivity contribution in [3.8, 4) is 0 Å². The van der Waals surface area contributed by atoms with E-state index in [1.54, 1.807) is 6.33 Å². The van der Waals surface area contributed by atoms with Gasteiger partial charge in [-0.25, -0.2) is 9.97 Å². The summed E-state index contributed by atoms with van der Waals surface area (Å²) in [7, 11) is 0. The van der Waals surface area contributed by atoms with Crippen LogP contribution in [-0.2, 0) is 4.74 Å². The van der Waals surface area contributed by atoms with Gasteiger partial charge in [0.15, 0.2) is 0 Å². The van der Waals surface area contributed by atoms with Crippen molar-refractivity contribution in [3.05, 3.63) is 11.9 Å². The highest BCUT2D eigenvalue weighted by atomic mass is 16.5. The molecule has 1 fully saturated rings. The summed E-state index contributed by atoms with van der Waals surface area (Å²) in [6.45, 7) is 14.3. The summed E-state index contributed by atoms with van der Waals surface area (Å²) in [6, 6.07) is 0. The van der Waals surface area contributed by atoms with Crippen molar-refractivity contribution in [2.75, 3.05) is 36.5 Å². The Bertz CT molecular complexity index is 473. The van der Waals surface area contributed by atoms with Crippen LogP contribution in [0.3, 0.4) is 0 Å². The molecule has 0 aromatic carbocycles. The molecule has 1 aromatic rings. The maximum atomic E-state index is 5.63. The van der Waals surface area contributed by atoms with Gasteiger partial charge < -0.3 is 15.0 Å². The zero-order valence-electron chi connectivity index (χ0n) is 13.9. The van der Waals surface area contributed by atoms with E-state index in [1.165, 1.54) is 5.56 Å². The van der Waals surface area contributed by atoms with E-state index >= 15 is 0 Å². The lowest BCUT2D eigenvalue weighted by molar-refractivity contribution is 0.0637. The number of anilines is 2. The summed E-state index contributed by atoms with van der Waals surface area (Å²) in [4.78, 5) is 11.4. The van der Waals surface area contributed by atoms with Gasteiger partial charge in [0.05, 0.1) is 18.8 Å². The van der Waals surface area contributed by atoms with Crippen LogP contribution >= 0.6 is 0 Å². The molecule has 0 spiro atoms. The molecule has 1 aliphatic rings. The monoisotopic (exact) mass is 292 g/mol. The summed E-state index contributed by atoms with van der Waals surface area (Å²) in [5.41, 5.74) is 1.17. The number of aromatic nitrogens is 2. The fraction of sp³-hybridized carbons (Fsp3) is 0.750. The molecule has 1 aliphatic heterocycles. The first-order valence-electron chi connectivity index (χ1n) is 7.91. The van der Waals surface area contributed by atoms with Crippen LogP contribution < -0.4 is 10.2 Å². The number of hydrogen-bond donors (Lipinski definition) is 1. The minimum absolute atomic E-state index is 0.0434. The molecule has 1 aromatic heterocycles. The van der Waals surface area contributed by atoms with Crippen LogP contribution in [0.5, 0.6) is 0 Å². The minimum atomic E-state index is -0.0434. The van der Waals surface area contributed by atoms with E-state index in [0.717, 1.165) is 44.4 Å². The van der Waals surface area contributed by atoms with Gasteiger partial charge in [0, 0.05) is 18.7 Å². The molecule has 0 unspecified atom stereocenters. The Hall–Kier alpha value is -1.36. The first-order chi connectivity index (χ1) is 9.97. The third-order valence-corrected chi connectivity index (χ3v) is 3.88. The topological polar surface area (TPSA) is 50.3 Å². The van der Waals surface area contributed by atoms with Crippen molar-refractivity contribution in [1.82, 2.24) is 9.97 Å². The van der Waals surface area contributed by atoms with Gasteiger partial charge >= 0.3 is 0 Å². The molecule has 2 rings (SSSR count). The molecule has 0 bridgehead atoms. The number of rotatable bonds is 5. The number of ether oxygens (including phenoxy) is 1. The molecular formula is C16H28N4O. The second kappa shape index (κ2) is 6.60. The standard InChI is InChI=1S/C16H28N4O/c1-6-7-17-14-13(12(2)3)15(19-11-18-14)20-8-9-21-10-16(20,4)5/h11-12H,6-10H2,1-5H3,(H,17,18,19). The van der Waals surface area contributed by atoms with Gasteiger partial charge in [0.1, 0.15) is 18.0 Å². The second-order valence-electron chi connectivity index (χ2n) is 6.56. The quantitative estimate of drug-likeness (QED) is 0.904. The van der Waals surface area contributed by atoms with Gasteiger partial charge in [-0.05, 0) is 26.2 Å². The highest BCUT2D eigenvalue weighted by Gasteiger charge is 2.34. The predicted octanol–water partition coefficient (Wildman–Crippen LogP) is 3.04. The van der Waals surface area contributed by atoms with Gasteiger partial charge in [-0.15, -0.1) is 0 Å². The third-order valence-electron chi connectivity index (χ3n) is 3.88. The average Bonchev–Trinajstić information content (AvgIpc) is 2.44. The Morgan fingerprint density at radius 3 is 2.76 bits per heavy atom. The molecule has 1 saturated heterocycles. The van der Waals surface area contributed by atoms with Crippen LogP contribution in [0.15, 0.2) is 6.33 Å². The Morgan fingerprint density at radius 1 is 1.38 bits per heavy atom. The lowest BCUT2D eigenvalue weighted by Gasteiger charge is -2.44. The van der Waals surface area contributed by atoms with Crippen molar-refractivity contribution in [3.63, 3.8) is 0 Å². The highest BCUT2D eigenvalue weighted by Crippen LogP contribution is 2.35. The summed E-state index contributed by atoms with van der Waals surface area (Å²) in [5.74, 6) is 2.39. The Labute approximate surface area is 128 Å². The Kier molecular flexibility index (Phi) is 5.04. The molecule has 0 aliphatic carbocycles. The molecule has 5 heteroatoms. The fourth-order valence-corrected chi connectivity index (χ4v) is 2.77. The minimum Gasteiger partial charge on any atom is -0.377 e. The van der Waals surface area contributed by atoms with E-state index in [9.17, 15) is 0 Å². The Morgan fingerprint density at radius 2 is 2.14 bits per heavy atom. The Balaban J connectivity index is 2.42. The second-order valence-corrected chi connectivity index (χ2v) is 6.56. The normalized spacial score (nSPS) is 18.1. The van der Waals surface area contributed by atoms with E-state index in [-0.39, 0.29) is 5.54 Å². The van der Waals surface area contributed by atoms with Crippen LogP contribution in [0.25, 0.3) is 0 Å². The number of nitrogens with zero attached hydrogens (tertiary/aromatic N) is 3. The lowest BCUT2D eigenvalue weighted by atomic mass is 9.98. The van der Waals surface area contributed by atoms with Crippen LogP contribution in [0, 0.1) is 0 Å². The molecule has 5 nitrogen and oxygen atoms in total. The van der Waals surface area contributed by atoms with E-state index in [1.807, 2.05) is 0 Å². The van der Waals surface area contributed by atoms with E-state index < -0.39 is 0 Å². The first-order valence-corrected chi connectivity index (χ1v) is 7.91. The lowest BCUT2D eigenvalue weighted by Crippen LogP contribution is -2.54. The molecule has 21 heavy (non-hydrogen) atoms. The van der Waals surface area contributed by atoms with Crippen molar-refractivity contribution < 1.29 is 4.74 Å². The molecule has 0 atom stereocenters. The smallest absolute Gasteiger partial charge is 0.138 e. The molecule has 0 amide bonds. The molecule has 2 heterocycles. The number of morpholine rings is 1. The first kappa shape index (κ1) is 16.0. The van der Waals surface area contributed by atoms with E-state index in [2.05, 4.69) is 54.8 Å². The molecule has 0 radical (unpaired) electrons. The molecular weight excluding hydrogens is 264 g/mol. The predicted molar refractivity (Wildman–Crippen MR) is 87.1 cm³/mol. The maximum Gasteiger partial charge on any atom is 0.138 e. The van der Waals surface area contributed by atoms with Gasteiger partial charge in [0.2, 0.25) is 0 Å². The summed E-state index contributed by atoms with van der Waals surface area (Å²) >= 11 is 0. The fourth-order valence-electron chi connectivity index (χ4n) is 2.77. The van der Waals surface area contributed by atoms with Crippen molar-refractivity contribution in [1.29, 1.82) is 0 Å².